The van der Waals surface area contributed by atoms with Gasteiger partial charge in [0.05, 0.1) is 16.6 Å². The maximum Gasteiger partial charge on any atom is 0.151 e. The van der Waals surface area contributed by atoms with Gasteiger partial charge >= 0.3 is 0 Å². The molecule has 5 heteroatoms. The highest BCUT2D eigenvalue weighted by Crippen LogP contribution is 2.37. The molecule has 0 saturated heterocycles. The van der Waals surface area contributed by atoms with Crippen molar-refractivity contribution in [1.29, 1.82) is 0 Å². The van der Waals surface area contributed by atoms with Gasteiger partial charge in [-0.1, -0.05) is 43.6 Å². The fourth-order valence-electron chi connectivity index (χ4n) is 4.15. The molecule has 2 aromatic heterocycles. The zero-order chi connectivity index (χ0) is 20.5. The second-order valence-electron chi connectivity index (χ2n) is 7.56. The van der Waals surface area contributed by atoms with Crippen molar-refractivity contribution in [2.45, 2.75) is 40.5 Å². The van der Waals surface area contributed by atoms with E-state index in [-0.39, 0.29) is 0 Å². The van der Waals surface area contributed by atoms with E-state index in [1.807, 2.05) is 19.1 Å². The molecule has 0 radical (unpaired) electrons. The maximum absolute atomic E-state index is 6.23. The van der Waals surface area contributed by atoms with Crippen LogP contribution in [0.4, 0.5) is 5.82 Å². The fraction of sp³-hybridized carbons (Fsp3) is 0.333. The summed E-state index contributed by atoms with van der Waals surface area (Å²) in [5.74, 6) is 1.83. The van der Waals surface area contributed by atoms with E-state index < -0.39 is 0 Å². The quantitative estimate of drug-likeness (QED) is 0.368. The third-order valence-corrected chi connectivity index (χ3v) is 5.53. The fourth-order valence-corrected chi connectivity index (χ4v) is 4.37. The van der Waals surface area contributed by atoms with Crippen LogP contribution in [-0.2, 0) is 0 Å². The number of rotatable bonds is 6. The van der Waals surface area contributed by atoms with Crippen molar-refractivity contribution in [3.05, 3.63) is 58.9 Å². The van der Waals surface area contributed by atoms with E-state index in [1.165, 1.54) is 5.39 Å². The molecule has 29 heavy (non-hydrogen) atoms. The van der Waals surface area contributed by atoms with Crippen LogP contribution in [0.1, 0.15) is 38.1 Å². The average molecular weight is 407 g/mol. The van der Waals surface area contributed by atoms with E-state index in [1.54, 1.807) is 0 Å². The summed E-state index contributed by atoms with van der Waals surface area (Å²) < 4.78 is 2.25. The van der Waals surface area contributed by atoms with Gasteiger partial charge < -0.3 is 4.90 Å². The molecule has 0 spiro atoms. The molecule has 0 atom stereocenters. The second-order valence-corrected chi connectivity index (χ2v) is 8.00. The number of nitrogens with zero attached hydrogens (tertiary/aromatic N) is 4. The van der Waals surface area contributed by atoms with Gasteiger partial charge in [0.25, 0.3) is 0 Å². The number of aromatic nitrogens is 3. The number of aryl methyl sites for hydroxylation is 2. The van der Waals surface area contributed by atoms with Gasteiger partial charge in [0.2, 0.25) is 0 Å². The van der Waals surface area contributed by atoms with Crippen molar-refractivity contribution in [1.82, 2.24) is 14.5 Å². The number of hydrogen-bond donors (Lipinski definition) is 0. The van der Waals surface area contributed by atoms with Crippen molar-refractivity contribution in [2.24, 2.45) is 0 Å². The third kappa shape index (κ3) is 3.46. The Bertz CT molecular complexity index is 1170. The number of para-hydroxylation sites is 1. The highest BCUT2D eigenvalue weighted by atomic mass is 35.5. The summed E-state index contributed by atoms with van der Waals surface area (Å²) in [5.41, 5.74) is 4.32. The first-order valence-electron chi connectivity index (χ1n) is 10.3. The number of hydrogen-bond acceptors (Lipinski definition) is 3. The smallest absolute Gasteiger partial charge is 0.151 e. The van der Waals surface area contributed by atoms with Crippen LogP contribution in [0.2, 0.25) is 5.02 Å². The predicted molar refractivity (Wildman–Crippen MR) is 124 cm³/mol. The summed E-state index contributed by atoms with van der Waals surface area (Å²) in [7, 11) is 0. The van der Waals surface area contributed by atoms with Gasteiger partial charge in [-0.2, -0.15) is 0 Å². The standard InChI is InChI=1S/C24H27ClN4/c1-5-13-28(14-6-2)23-22-19-9-7-8-10-21(19)29(24(22)27-17(4)26-23)20-12-11-18(25)15-16(20)3/h7-12,15H,5-6,13-14H2,1-4H3. The molecule has 0 amide bonds. The minimum absolute atomic E-state index is 0.746. The zero-order valence-corrected chi connectivity index (χ0v) is 18.3. The Morgan fingerprint density at radius 2 is 1.69 bits per heavy atom. The highest BCUT2D eigenvalue weighted by Gasteiger charge is 2.21. The lowest BCUT2D eigenvalue weighted by Gasteiger charge is -2.23. The van der Waals surface area contributed by atoms with Crippen LogP contribution in [0.25, 0.3) is 27.6 Å². The van der Waals surface area contributed by atoms with Crippen LogP contribution in [0.5, 0.6) is 0 Å². The van der Waals surface area contributed by atoms with E-state index in [4.69, 9.17) is 21.6 Å². The van der Waals surface area contributed by atoms with Gasteiger partial charge in [-0.25, -0.2) is 9.97 Å². The van der Waals surface area contributed by atoms with Gasteiger partial charge in [0.15, 0.2) is 5.65 Å². The molecular weight excluding hydrogens is 380 g/mol. The minimum atomic E-state index is 0.746. The van der Waals surface area contributed by atoms with E-state index in [0.29, 0.717) is 0 Å². The first-order valence-corrected chi connectivity index (χ1v) is 10.7. The zero-order valence-electron chi connectivity index (χ0n) is 17.5. The largest absolute Gasteiger partial charge is 0.356 e. The van der Waals surface area contributed by atoms with Gasteiger partial charge in [0.1, 0.15) is 11.6 Å². The molecule has 2 heterocycles. The van der Waals surface area contributed by atoms with Crippen LogP contribution < -0.4 is 4.90 Å². The van der Waals surface area contributed by atoms with Crippen LogP contribution in [-0.4, -0.2) is 27.6 Å². The molecule has 4 nitrogen and oxygen atoms in total. The lowest BCUT2D eigenvalue weighted by molar-refractivity contribution is 0.734. The van der Waals surface area contributed by atoms with Gasteiger partial charge in [-0.15, -0.1) is 0 Å². The summed E-state index contributed by atoms with van der Waals surface area (Å²) in [6, 6.07) is 14.5. The van der Waals surface area contributed by atoms with Gasteiger partial charge in [-0.3, -0.25) is 4.57 Å². The number of anilines is 1. The number of fused-ring (bicyclic) bond motifs is 3. The molecule has 0 unspecified atom stereocenters. The number of benzene rings is 2. The van der Waals surface area contributed by atoms with Gasteiger partial charge in [-0.05, 0) is 56.5 Å². The van der Waals surface area contributed by atoms with Crippen molar-refractivity contribution >= 4 is 39.4 Å². The Balaban J connectivity index is 2.12. The monoisotopic (exact) mass is 406 g/mol. The van der Waals surface area contributed by atoms with E-state index in [9.17, 15) is 0 Å². The Hall–Kier alpha value is -2.59. The summed E-state index contributed by atoms with van der Waals surface area (Å²) in [6.45, 7) is 10.5. The second kappa shape index (κ2) is 8.03. The van der Waals surface area contributed by atoms with Crippen LogP contribution in [0.3, 0.4) is 0 Å². The maximum atomic E-state index is 6.23. The average Bonchev–Trinajstić information content (AvgIpc) is 3.01. The molecule has 4 rings (SSSR count). The van der Waals surface area contributed by atoms with E-state index in [2.05, 4.69) is 60.6 Å². The predicted octanol–water partition coefficient (Wildman–Crippen LogP) is 6.47. The highest BCUT2D eigenvalue weighted by molar-refractivity contribution is 6.30. The van der Waals surface area contributed by atoms with E-state index >= 15 is 0 Å². The first kappa shape index (κ1) is 19.7. The Labute approximate surface area is 177 Å². The molecule has 0 fully saturated rings. The topological polar surface area (TPSA) is 34.0 Å². The lowest BCUT2D eigenvalue weighted by Crippen LogP contribution is -2.26. The molecular formula is C24H27ClN4. The van der Waals surface area contributed by atoms with E-state index in [0.717, 1.165) is 70.4 Å². The lowest BCUT2D eigenvalue weighted by atomic mass is 10.2. The summed E-state index contributed by atoms with van der Waals surface area (Å²) >= 11 is 6.23. The Kier molecular flexibility index (Phi) is 5.46. The van der Waals surface area contributed by atoms with Gasteiger partial charge in [0, 0.05) is 23.5 Å². The first-order chi connectivity index (χ1) is 14.0. The van der Waals surface area contributed by atoms with Crippen LogP contribution in [0, 0.1) is 13.8 Å². The molecule has 0 saturated carbocycles. The Morgan fingerprint density at radius 1 is 0.966 bits per heavy atom. The minimum Gasteiger partial charge on any atom is -0.356 e. The number of halogens is 1. The molecule has 0 aliphatic rings. The summed E-state index contributed by atoms with van der Waals surface area (Å²) in [5, 5.41) is 3.06. The molecule has 0 aliphatic carbocycles. The van der Waals surface area contributed by atoms with Crippen molar-refractivity contribution in [3.8, 4) is 5.69 Å². The molecule has 4 aromatic rings. The van der Waals surface area contributed by atoms with Crippen molar-refractivity contribution in [3.63, 3.8) is 0 Å². The molecule has 150 valence electrons. The summed E-state index contributed by atoms with van der Waals surface area (Å²) in [6.07, 6.45) is 2.17. The van der Waals surface area contributed by atoms with Crippen LogP contribution >= 0.6 is 11.6 Å². The summed E-state index contributed by atoms with van der Waals surface area (Å²) in [4.78, 5) is 12.2. The Morgan fingerprint density at radius 3 is 2.38 bits per heavy atom. The third-order valence-electron chi connectivity index (χ3n) is 5.30. The molecule has 0 aliphatic heterocycles. The molecule has 2 aromatic carbocycles. The molecule has 0 bridgehead atoms. The van der Waals surface area contributed by atoms with Crippen molar-refractivity contribution < 1.29 is 0 Å². The normalized spacial score (nSPS) is 11.5. The van der Waals surface area contributed by atoms with Crippen molar-refractivity contribution in [2.75, 3.05) is 18.0 Å². The molecule has 0 N–H and O–H groups in total. The van der Waals surface area contributed by atoms with Crippen LogP contribution in [0.15, 0.2) is 42.5 Å². The SMILES string of the molecule is CCCN(CCC)c1nc(C)nc2c1c1ccccc1n2-c1ccc(Cl)cc1C.